The van der Waals surface area contributed by atoms with Gasteiger partial charge in [-0.2, -0.15) is 0 Å². The van der Waals surface area contributed by atoms with E-state index in [-0.39, 0.29) is 0 Å². The smallest absolute Gasteiger partial charge is 0.0357 e. The Kier molecular flexibility index (Phi) is 3.29. The van der Waals surface area contributed by atoms with Gasteiger partial charge in [-0.25, -0.2) is 0 Å². The molecule has 0 heterocycles. The molecule has 3 atom stereocenters. The Morgan fingerprint density at radius 1 is 0.923 bits per heavy atom. The quantitative estimate of drug-likeness (QED) is 0.591. The molecule has 1 unspecified atom stereocenters. The summed E-state index contributed by atoms with van der Waals surface area (Å²) >= 11 is 0. The molecule has 0 radical (unpaired) electrons. The van der Waals surface area contributed by atoms with Gasteiger partial charge in [0.15, 0.2) is 0 Å². The van der Waals surface area contributed by atoms with Gasteiger partial charge in [0, 0.05) is 0 Å². The van der Waals surface area contributed by atoms with Gasteiger partial charge in [0.1, 0.15) is 0 Å². The second kappa shape index (κ2) is 4.48. The maximum Gasteiger partial charge on any atom is -0.0357 e. The SMILES string of the molecule is CCCC1CCC[C@@H]2CCCC[C@@H]12. The summed E-state index contributed by atoms with van der Waals surface area (Å²) in [5.41, 5.74) is 0. The molecule has 2 aliphatic rings. The van der Waals surface area contributed by atoms with Crippen LogP contribution in [0.4, 0.5) is 0 Å². The van der Waals surface area contributed by atoms with Gasteiger partial charge < -0.3 is 0 Å². The van der Waals surface area contributed by atoms with E-state index in [0.29, 0.717) is 0 Å². The molecule has 0 amide bonds. The summed E-state index contributed by atoms with van der Waals surface area (Å²) in [6.45, 7) is 2.35. The van der Waals surface area contributed by atoms with E-state index in [1.54, 1.807) is 25.7 Å². The third kappa shape index (κ3) is 2.08. The summed E-state index contributed by atoms with van der Waals surface area (Å²) in [4.78, 5) is 0. The highest BCUT2D eigenvalue weighted by molar-refractivity contribution is 4.84. The van der Waals surface area contributed by atoms with Crippen molar-refractivity contribution in [3.05, 3.63) is 0 Å². The zero-order valence-electron chi connectivity index (χ0n) is 9.10. The monoisotopic (exact) mass is 180 g/mol. The topological polar surface area (TPSA) is 0 Å². The Hall–Kier alpha value is 0. The lowest BCUT2D eigenvalue weighted by Crippen LogP contribution is -2.30. The van der Waals surface area contributed by atoms with Crippen LogP contribution >= 0.6 is 0 Å². The van der Waals surface area contributed by atoms with Crippen molar-refractivity contribution in [1.82, 2.24) is 0 Å². The molecule has 0 aromatic rings. The molecule has 0 aromatic carbocycles. The highest BCUT2D eigenvalue weighted by Crippen LogP contribution is 2.45. The minimum absolute atomic E-state index is 1.11. The Bertz CT molecular complexity index is 146. The zero-order valence-corrected chi connectivity index (χ0v) is 9.10. The number of rotatable bonds is 2. The molecule has 2 fully saturated rings. The second-order valence-electron chi connectivity index (χ2n) is 5.19. The fraction of sp³-hybridized carbons (Fsp3) is 1.00. The third-order valence-electron chi connectivity index (χ3n) is 4.38. The molecule has 0 N–H and O–H groups in total. The average Bonchev–Trinajstić information content (AvgIpc) is 2.19. The second-order valence-corrected chi connectivity index (χ2v) is 5.19. The van der Waals surface area contributed by atoms with E-state index < -0.39 is 0 Å². The Balaban J connectivity index is 1.94. The molecular weight excluding hydrogens is 156 g/mol. The fourth-order valence-electron chi connectivity index (χ4n) is 3.80. The van der Waals surface area contributed by atoms with E-state index in [0.717, 1.165) is 17.8 Å². The van der Waals surface area contributed by atoms with Gasteiger partial charge in [-0.3, -0.25) is 0 Å². The lowest BCUT2D eigenvalue weighted by molar-refractivity contribution is 0.0975. The Morgan fingerprint density at radius 3 is 2.54 bits per heavy atom. The van der Waals surface area contributed by atoms with Crippen LogP contribution < -0.4 is 0 Å². The summed E-state index contributed by atoms with van der Waals surface area (Å²) in [5.74, 6) is 3.39. The van der Waals surface area contributed by atoms with Crippen LogP contribution in [0.15, 0.2) is 0 Å². The molecule has 0 aromatic heterocycles. The number of fused-ring (bicyclic) bond motifs is 1. The van der Waals surface area contributed by atoms with E-state index in [1.807, 2.05) is 0 Å². The van der Waals surface area contributed by atoms with Crippen molar-refractivity contribution in [2.24, 2.45) is 17.8 Å². The molecule has 0 bridgehead atoms. The predicted octanol–water partition coefficient (Wildman–Crippen LogP) is 4.39. The van der Waals surface area contributed by atoms with Crippen LogP contribution in [0, 0.1) is 17.8 Å². The lowest BCUT2D eigenvalue weighted by Gasteiger charge is -2.41. The van der Waals surface area contributed by atoms with Crippen molar-refractivity contribution in [3.8, 4) is 0 Å². The van der Waals surface area contributed by atoms with Crippen molar-refractivity contribution in [2.75, 3.05) is 0 Å². The standard InChI is InChI=1S/C13H24/c1-2-6-11-8-5-9-12-7-3-4-10-13(11)12/h11-13H,2-10H2,1H3/t11?,12-,13-/m0/s1. The first-order valence-electron chi connectivity index (χ1n) is 6.42. The van der Waals surface area contributed by atoms with Crippen LogP contribution in [0.5, 0.6) is 0 Å². The van der Waals surface area contributed by atoms with Crippen molar-refractivity contribution < 1.29 is 0 Å². The first kappa shape index (κ1) is 9.55. The first-order valence-corrected chi connectivity index (χ1v) is 6.42. The largest absolute Gasteiger partial charge is 0.0654 e. The van der Waals surface area contributed by atoms with E-state index in [2.05, 4.69) is 6.92 Å². The van der Waals surface area contributed by atoms with Crippen LogP contribution in [0.1, 0.15) is 64.7 Å². The highest BCUT2D eigenvalue weighted by atomic mass is 14.4. The predicted molar refractivity (Wildman–Crippen MR) is 57.7 cm³/mol. The molecule has 2 saturated carbocycles. The number of hydrogen-bond acceptors (Lipinski definition) is 0. The van der Waals surface area contributed by atoms with Gasteiger partial charge in [0.05, 0.1) is 0 Å². The van der Waals surface area contributed by atoms with E-state index in [4.69, 9.17) is 0 Å². The van der Waals surface area contributed by atoms with Gasteiger partial charge in [0.2, 0.25) is 0 Å². The Morgan fingerprint density at radius 2 is 1.69 bits per heavy atom. The Labute approximate surface area is 83.1 Å². The van der Waals surface area contributed by atoms with Gasteiger partial charge >= 0.3 is 0 Å². The first-order chi connectivity index (χ1) is 6.42. The van der Waals surface area contributed by atoms with Crippen molar-refractivity contribution in [1.29, 1.82) is 0 Å². The maximum atomic E-state index is 2.35. The molecule has 0 heteroatoms. The minimum Gasteiger partial charge on any atom is -0.0654 e. The molecule has 0 nitrogen and oxygen atoms in total. The van der Waals surface area contributed by atoms with Crippen LogP contribution in [-0.4, -0.2) is 0 Å². The molecule has 2 rings (SSSR count). The molecule has 0 saturated heterocycles. The summed E-state index contributed by atoms with van der Waals surface area (Å²) in [6, 6.07) is 0. The molecule has 2 aliphatic carbocycles. The maximum absolute atomic E-state index is 2.35. The van der Waals surface area contributed by atoms with Crippen molar-refractivity contribution in [3.63, 3.8) is 0 Å². The van der Waals surface area contributed by atoms with Gasteiger partial charge in [0.25, 0.3) is 0 Å². The average molecular weight is 180 g/mol. The normalized spacial score (nSPS) is 39.9. The highest BCUT2D eigenvalue weighted by Gasteiger charge is 2.33. The van der Waals surface area contributed by atoms with E-state index in [9.17, 15) is 0 Å². The third-order valence-corrected chi connectivity index (χ3v) is 4.38. The molecule has 13 heavy (non-hydrogen) atoms. The van der Waals surface area contributed by atoms with Gasteiger partial charge in [-0.05, 0) is 24.2 Å². The van der Waals surface area contributed by atoms with Crippen molar-refractivity contribution in [2.45, 2.75) is 64.7 Å². The molecular formula is C13H24. The molecule has 76 valence electrons. The van der Waals surface area contributed by atoms with E-state index >= 15 is 0 Å². The van der Waals surface area contributed by atoms with Gasteiger partial charge in [-0.15, -0.1) is 0 Å². The van der Waals surface area contributed by atoms with Crippen LogP contribution in [-0.2, 0) is 0 Å². The van der Waals surface area contributed by atoms with Crippen LogP contribution in [0.3, 0.4) is 0 Å². The van der Waals surface area contributed by atoms with E-state index in [1.165, 1.54) is 32.1 Å². The van der Waals surface area contributed by atoms with Crippen molar-refractivity contribution >= 4 is 0 Å². The molecule has 0 spiro atoms. The summed E-state index contributed by atoms with van der Waals surface area (Å²) in [7, 11) is 0. The zero-order chi connectivity index (χ0) is 9.10. The summed E-state index contributed by atoms with van der Waals surface area (Å²) < 4.78 is 0. The molecule has 0 aliphatic heterocycles. The van der Waals surface area contributed by atoms with Gasteiger partial charge in [-0.1, -0.05) is 58.3 Å². The number of hydrogen-bond donors (Lipinski definition) is 0. The van der Waals surface area contributed by atoms with Crippen LogP contribution in [0.2, 0.25) is 0 Å². The minimum atomic E-state index is 1.11. The lowest BCUT2D eigenvalue weighted by atomic mass is 9.64. The summed E-state index contributed by atoms with van der Waals surface area (Å²) in [5, 5.41) is 0. The summed E-state index contributed by atoms with van der Waals surface area (Å²) in [6.07, 6.45) is 13.8. The van der Waals surface area contributed by atoms with Crippen LogP contribution in [0.25, 0.3) is 0 Å². The fourth-order valence-corrected chi connectivity index (χ4v) is 3.80.